The summed E-state index contributed by atoms with van der Waals surface area (Å²) < 4.78 is 25.8. The Bertz CT molecular complexity index is 686. The number of nitro groups is 1. The topological polar surface area (TPSA) is 60.2 Å². The first-order valence-corrected chi connectivity index (χ1v) is 5.69. The normalized spacial score (nSPS) is 10.3. The summed E-state index contributed by atoms with van der Waals surface area (Å²) in [6.07, 6.45) is -0.154. The van der Waals surface area contributed by atoms with Gasteiger partial charge in [-0.3, -0.25) is 14.9 Å². The molecule has 20 heavy (non-hydrogen) atoms. The smallest absolute Gasteiger partial charge is 0.270 e. The SMILES string of the molecule is O=C(Cc1ccc(F)c(F)c1)c1cccc([N+](=O)[O-])c1. The van der Waals surface area contributed by atoms with E-state index < -0.39 is 22.3 Å². The van der Waals surface area contributed by atoms with Crippen LogP contribution in [0.5, 0.6) is 0 Å². The van der Waals surface area contributed by atoms with E-state index in [1.165, 1.54) is 24.3 Å². The first-order valence-electron chi connectivity index (χ1n) is 5.69. The second-order valence-electron chi connectivity index (χ2n) is 4.16. The second-order valence-corrected chi connectivity index (χ2v) is 4.16. The summed E-state index contributed by atoms with van der Waals surface area (Å²) in [7, 11) is 0. The van der Waals surface area contributed by atoms with Crippen LogP contribution in [0.1, 0.15) is 15.9 Å². The van der Waals surface area contributed by atoms with Gasteiger partial charge in [-0.1, -0.05) is 18.2 Å². The van der Waals surface area contributed by atoms with Gasteiger partial charge in [-0.15, -0.1) is 0 Å². The molecule has 0 heterocycles. The number of ketones is 1. The Balaban J connectivity index is 2.21. The fourth-order valence-corrected chi connectivity index (χ4v) is 1.73. The molecular formula is C14H9F2NO3. The highest BCUT2D eigenvalue weighted by atomic mass is 19.2. The molecule has 0 unspecified atom stereocenters. The van der Waals surface area contributed by atoms with E-state index >= 15 is 0 Å². The molecular weight excluding hydrogens is 268 g/mol. The highest BCUT2D eigenvalue weighted by molar-refractivity contribution is 5.98. The molecule has 2 aromatic rings. The summed E-state index contributed by atoms with van der Waals surface area (Å²) in [4.78, 5) is 22.0. The van der Waals surface area contributed by atoms with Gasteiger partial charge in [-0.25, -0.2) is 8.78 Å². The molecule has 0 aromatic heterocycles. The van der Waals surface area contributed by atoms with Crippen molar-refractivity contribution in [1.82, 2.24) is 0 Å². The van der Waals surface area contributed by atoms with Crippen LogP contribution in [0.2, 0.25) is 0 Å². The van der Waals surface area contributed by atoms with Crippen LogP contribution in [0, 0.1) is 21.7 Å². The molecule has 0 saturated heterocycles. The second kappa shape index (κ2) is 5.56. The van der Waals surface area contributed by atoms with Crippen molar-refractivity contribution in [2.45, 2.75) is 6.42 Å². The Kier molecular flexibility index (Phi) is 3.84. The van der Waals surface area contributed by atoms with Crippen LogP contribution in [-0.2, 0) is 6.42 Å². The van der Waals surface area contributed by atoms with E-state index in [1.54, 1.807) is 0 Å². The zero-order valence-electron chi connectivity index (χ0n) is 10.2. The minimum Gasteiger partial charge on any atom is -0.294 e. The van der Waals surface area contributed by atoms with Crippen molar-refractivity contribution in [3.8, 4) is 0 Å². The van der Waals surface area contributed by atoms with Crippen LogP contribution in [0.15, 0.2) is 42.5 Å². The Morgan fingerprint density at radius 3 is 2.50 bits per heavy atom. The third-order valence-electron chi connectivity index (χ3n) is 2.73. The maximum atomic E-state index is 13.0. The molecule has 0 amide bonds. The van der Waals surface area contributed by atoms with E-state index in [4.69, 9.17) is 0 Å². The van der Waals surface area contributed by atoms with Gasteiger partial charge in [-0.2, -0.15) is 0 Å². The number of carbonyl (C=O) groups excluding carboxylic acids is 1. The molecule has 2 rings (SSSR count). The summed E-state index contributed by atoms with van der Waals surface area (Å²) >= 11 is 0. The minimum atomic E-state index is -1.03. The molecule has 0 radical (unpaired) electrons. The minimum absolute atomic E-state index is 0.154. The van der Waals surface area contributed by atoms with Gasteiger partial charge in [0.05, 0.1) is 4.92 Å². The van der Waals surface area contributed by atoms with Gasteiger partial charge in [0.1, 0.15) is 0 Å². The highest BCUT2D eigenvalue weighted by Gasteiger charge is 2.13. The fraction of sp³-hybridized carbons (Fsp3) is 0.0714. The van der Waals surface area contributed by atoms with Crippen LogP contribution >= 0.6 is 0 Å². The van der Waals surface area contributed by atoms with E-state index in [1.807, 2.05) is 0 Å². The average molecular weight is 277 g/mol. The summed E-state index contributed by atoms with van der Waals surface area (Å²) in [5.74, 6) is -2.43. The van der Waals surface area contributed by atoms with Gasteiger partial charge >= 0.3 is 0 Å². The van der Waals surface area contributed by atoms with Crippen LogP contribution < -0.4 is 0 Å². The molecule has 0 fully saturated rings. The maximum absolute atomic E-state index is 13.0. The van der Waals surface area contributed by atoms with E-state index in [-0.39, 0.29) is 17.7 Å². The number of non-ortho nitro benzene ring substituents is 1. The quantitative estimate of drug-likeness (QED) is 0.489. The fourth-order valence-electron chi connectivity index (χ4n) is 1.73. The number of halogens is 2. The maximum Gasteiger partial charge on any atom is 0.270 e. The average Bonchev–Trinajstić information content (AvgIpc) is 2.43. The van der Waals surface area contributed by atoms with Crippen molar-refractivity contribution in [1.29, 1.82) is 0 Å². The van der Waals surface area contributed by atoms with Crippen molar-refractivity contribution < 1.29 is 18.5 Å². The van der Waals surface area contributed by atoms with Crippen molar-refractivity contribution in [3.63, 3.8) is 0 Å². The van der Waals surface area contributed by atoms with Crippen LogP contribution in [0.3, 0.4) is 0 Å². The molecule has 0 aliphatic carbocycles. The largest absolute Gasteiger partial charge is 0.294 e. The molecule has 6 heteroatoms. The number of Topliss-reactive ketones (excluding diaryl/α,β-unsaturated/α-hetero) is 1. The standard InChI is InChI=1S/C14H9F2NO3/c15-12-5-4-9(6-13(12)16)7-14(18)10-2-1-3-11(8-10)17(19)20/h1-6,8H,7H2. The first kappa shape index (κ1) is 13.8. The Hall–Kier alpha value is -2.63. The van der Waals surface area contributed by atoms with E-state index in [9.17, 15) is 23.7 Å². The predicted molar refractivity (Wildman–Crippen MR) is 67.5 cm³/mol. The van der Waals surface area contributed by atoms with Crippen LogP contribution in [0.4, 0.5) is 14.5 Å². The number of benzene rings is 2. The Morgan fingerprint density at radius 2 is 1.85 bits per heavy atom. The summed E-state index contributed by atoms with van der Waals surface area (Å²) in [5, 5.41) is 10.6. The summed E-state index contributed by atoms with van der Waals surface area (Å²) in [6, 6.07) is 8.44. The number of hydrogen-bond donors (Lipinski definition) is 0. The molecule has 2 aromatic carbocycles. The third-order valence-corrected chi connectivity index (χ3v) is 2.73. The lowest BCUT2D eigenvalue weighted by Gasteiger charge is -2.02. The predicted octanol–water partition coefficient (Wildman–Crippen LogP) is 3.30. The number of hydrogen-bond acceptors (Lipinski definition) is 3. The van der Waals surface area contributed by atoms with E-state index in [2.05, 4.69) is 0 Å². The molecule has 0 N–H and O–H groups in total. The van der Waals surface area contributed by atoms with Crippen molar-refractivity contribution in [3.05, 3.63) is 75.3 Å². The van der Waals surface area contributed by atoms with Gasteiger partial charge in [0.15, 0.2) is 17.4 Å². The molecule has 0 atom stereocenters. The lowest BCUT2D eigenvalue weighted by molar-refractivity contribution is -0.384. The molecule has 0 aliphatic heterocycles. The number of carbonyl (C=O) groups is 1. The molecule has 0 bridgehead atoms. The summed E-state index contributed by atoms with van der Waals surface area (Å²) in [6.45, 7) is 0. The zero-order valence-corrected chi connectivity index (χ0v) is 10.2. The van der Waals surface area contributed by atoms with E-state index in [0.29, 0.717) is 5.56 Å². The number of nitrogens with zero attached hydrogens (tertiary/aromatic N) is 1. The van der Waals surface area contributed by atoms with Crippen molar-refractivity contribution in [2.75, 3.05) is 0 Å². The van der Waals surface area contributed by atoms with E-state index in [0.717, 1.165) is 18.2 Å². The lowest BCUT2D eigenvalue weighted by atomic mass is 10.0. The van der Waals surface area contributed by atoms with Gasteiger partial charge < -0.3 is 0 Å². The van der Waals surface area contributed by atoms with Crippen LogP contribution in [-0.4, -0.2) is 10.7 Å². The third kappa shape index (κ3) is 3.03. The summed E-state index contributed by atoms with van der Waals surface area (Å²) in [5.41, 5.74) is 0.269. The van der Waals surface area contributed by atoms with Crippen molar-refractivity contribution >= 4 is 11.5 Å². The molecule has 0 saturated carbocycles. The molecule has 0 spiro atoms. The molecule has 0 aliphatic rings. The first-order chi connectivity index (χ1) is 9.47. The van der Waals surface area contributed by atoms with Gasteiger partial charge in [0.25, 0.3) is 5.69 Å². The highest BCUT2D eigenvalue weighted by Crippen LogP contribution is 2.16. The van der Waals surface area contributed by atoms with Crippen molar-refractivity contribution in [2.24, 2.45) is 0 Å². The number of nitro benzene ring substituents is 1. The molecule has 4 nitrogen and oxygen atoms in total. The van der Waals surface area contributed by atoms with Gasteiger partial charge in [-0.05, 0) is 17.7 Å². The Labute approximate surface area is 112 Å². The monoisotopic (exact) mass is 277 g/mol. The van der Waals surface area contributed by atoms with Gasteiger partial charge in [0.2, 0.25) is 0 Å². The Morgan fingerprint density at radius 1 is 1.10 bits per heavy atom. The lowest BCUT2D eigenvalue weighted by Crippen LogP contribution is -2.04. The number of rotatable bonds is 4. The molecule has 102 valence electrons. The van der Waals surface area contributed by atoms with Gasteiger partial charge in [0, 0.05) is 24.1 Å². The zero-order chi connectivity index (χ0) is 14.7. The van der Waals surface area contributed by atoms with Crippen LogP contribution in [0.25, 0.3) is 0 Å².